The molecule has 17 heavy (non-hydrogen) atoms. The summed E-state index contributed by atoms with van der Waals surface area (Å²) in [5.41, 5.74) is 6.75. The van der Waals surface area contributed by atoms with Gasteiger partial charge in [-0.1, -0.05) is 22.0 Å². The van der Waals surface area contributed by atoms with Crippen molar-refractivity contribution in [1.82, 2.24) is 0 Å². The summed E-state index contributed by atoms with van der Waals surface area (Å²) < 4.78 is 27.2. The molecule has 0 aliphatic rings. The van der Waals surface area contributed by atoms with Crippen molar-refractivity contribution >= 4 is 33.0 Å². The predicted octanol–water partition coefficient (Wildman–Crippen LogP) is 4.05. The number of hydrogen-bond donors (Lipinski definition) is 2. The maximum atomic E-state index is 13.4. The second-order valence-corrected chi connectivity index (χ2v) is 4.37. The van der Waals surface area contributed by atoms with Crippen LogP contribution in [0.25, 0.3) is 0 Å². The zero-order chi connectivity index (χ0) is 12.4. The van der Waals surface area contributed by atoms with Crippen LogP contribution >= 0.6 is 15.9 Å². The zero-order valence-corrected chi connectivity index (χ0v) is 10.3. The van der Waals surface area contributed by atoms with Gasteiger partial charge in [0.15, 0.2) is 11.6 Å². The number of rotatable bonds is 2. The predicted molar refractivity (Wildman–Crippen MR) is 68.2 cm³/mol. The van der Waals surface area contributed by atoms with Gasteiger partial charge in [0, 0.05) is 4.47 Å². The standard InChI is InChI=1S/C12H9BrF2N2/c13-7-4-5-9(16)11(6-7)17-10-3-1-2-8(14)12(10)15/h1-6,17H,16H2. The summed E-state index contributed by atoms with van der Waals surface area (Å²) in [4.78, 5) is 0. The Morgan fingerprint density at radius 1 is 1.06 bits per heavy atom. The van der Waals surface area contributed by atoms with Crippen LogP contribution in [0.15, 0.2) is 40.9 Å². The number of nitrogens with two attached hydrogens (primary N) is 1. The van der Waals surface area contributed by atoms with E-state index < -0.39 is 11.6 Å². The third-order valence-corrected chi connectivity index (χ3v) is 2.73. The van der Waals surface area contributed by atoms with Crippen LogP contribution in [0.1, 0.15) is 0 Å². The van der Waals surface area contributed by atoms with Crippen LogP contribution in [0, 0.1) is 11.6 Å². The van der Waals surface area contributed by atoms with Crippen LogP contribution < -0.4 is 11.1 Å². The third-order valence-electron chi connectivity index (χ3n) is 2.24. The Balaban J connectivity index is 2.38. The summed E-state index contributed by atoms with van der Waals surface area (Å²) in [5.74, 6) is -1.82. The van der Waals surface area contributed by atoms with Crippen LogP contribution in [0.4, 0.5) is 25.8 Å². The van der Waals surface area contributed by atoms with E-state index in [1.165, 1.54) is 12.1 Å². The smallest absolute Gasteiger partial charge is 0.182 e. The van der Waals surface area contributed by atoms with Gasteiger partial charge >= 0.3 is 0 Å². The second kappa shape index (κ2) is 4.71. The second-order valence-electron chi connectivity index (χ2n) is 3.46. The highest BCUT2D eigenvalue weighted by Gasteiger charge is 2.09. The molecule has 2 aromatic carbocycles. The summed E-state index contributed by atoms with van der Waals surface area (Å²) in [5, 5.41) is 2.75. The van der Waals surface area contributed by atoms with Gasteiger partial charge in [-0.2, -0.15) is 0 Å². The monoisotopic (exact) mass is 298 g/mol. The average Bonchev–Trinajstić information content (AvgIpc) is 2.30. The van der Waals surface area contributed by atoms with E-state index in [0.717, 1.165) is 10.5 Å². The minimum Gasteiger partial charge on any atom is -0.397 e. The van der Waals surface area contributed by atoms with E-state index in [9.17, 15) is 8.78 Å². The quantitative estimate of drug-likeness (QED) is 0.821. The minimum atomic E-state index is -0.924. The highest BCUT2D eigenvalue weighted by Crippen LogP contribution is 2.28. The van der Waals surface area contributed by atoms with E-state index in [1.54, 1.807) is 18.2 Å². The molecule has 0 aliphatic heterocycles. The Labute approximate surface area is 106 Å². The molecule has 2 nitrogen and oxygen atoms in total. The number of benzene rings is 2. The van der Waals surface area contributed by atoms with Gasteiger partial charge in [0.1, 0.15) is 0 Å². The highest BCUT2D eigenvalue weighted by molar-refractivity contribution is 9.10. The SMILES string of the molecule is Nc1ccc(Br)cc1Nc1cccc(F)c1F. The average molecular weight is 299 g/mol. The summed E-state index contributed by atoms with van der Waals surface area (Å²) in [6.45, 7) is 0. The number of halogens is 3. The maximum Gasteiger partial charge on any atom is 0.182 e. The van der Waals surface area contributed by atoms with Gasteiger partial charge in [-0.25, -0.2) is 8.78 Å². The van der Waals surface area contributed by atoms with Crippen LogP contribution in [-0.4, -0.2) is 0 Å². The molecule has 0 atom stereocenters. The molecule has 0 bridgehead atoms. The molecular formula is C12H9BrF2N2. The van der Waals surface area contributed by atoms with Crippen molar-refractivity contribution in [3.8, 4) is 0 Å². The van der Waals surface area contributed by atoms with Crippen LogP contribution in [-0.2, 0) is 0 Å². The third kappa shape index (κ3) is 2.55. The molecule has 88 valence electrons. The van der Waals surface area contributed by atoms with E-state index in [0.29, 0.717) is 11.4 Å². The maximum absolute atomic E-state index is 13.4. The van der Waals surface area contributed by atoms with Gasteiger partial charge in [0.2, 0.25) is 0 Å². The normalized spacial score (nSPS) is 10.3. The minimum absolute atomic E-state index is 0.0507. The van der Waals surface area contributed by atoms with Gasteiger partial charge in [-0.05, 0) is 30.3 Å². The molecule has 0 heterocycles. The molecule has 0 radical (unpaired) electrons. The molecule has 0 aromatic heterocycles. The first-order valence-corrected chi connectivity index (χ1v) is 5.63. The van der Waals surface area contributed by atoms with E-state index in [4.69, 9.17) is 5.73 Å². The van der Waals surface area contributed by atoms with Gasteiger partial charge in [0.25, 0.3) is 0 Å². The van der Waals surface area contributed by atoms with Gasteiger partial charge < -0.3 is 11.1 Å². The Kier molecular flexibility index (Phi) is 3.28. The molecule has 0 saturated carbocycles. The molecule has 5 heteroatoms. The highest BCUT2D eigenvalue weighted by atomic mass is 79.9. The van der Waals surface area contributed by atoms with Crippen LogP contribution in [0.5, 0.6) is 0 Å². The van der Waals surface area contributed by atoms with Crippen molar-refractivity contribution < 1.29 is 8.78 Å². The van der Waals surface area contributed by atoms with Crippen molar-refractivity contribution in [1.29, 1.82) is 0 Å². The number of nitrogen functional groups attached to an aromatic ring is 1. The summed E-state index contributed by atoms with van der Waals surface area (Å²) >= 11 is 3.28. The molecule has 0 spiro atoms. The van der Waals surface area contributed by atoms with E-state index in [1.807, 2.05) is 0 Å². The molecule has 3 N–H and O–H groups in total. The van der Waals surface area contributed by atoms with Gasteiger partial charge in [-0.15, -0.1) is 0 Å². The number of anilines is 3. The molecule has 0 unspecified atom stereocenters. The lowest BCUT2D eigenvalue weighted by molar-refractivity contribution is 0.512. The Morgan fingerprint density at radius 3 is 2.59 bits per heavy atom. The summed E-state index contributed by atoms with van der Waals surface area (Å²) in [6, 6.07) is 9.06. The molecule has 2 rings (SSSR count). The first-order chi connectivity index (χ1) is 8.08. The lowest BCUT2D eigenvalue weighted by Crippen LogP contribution is -1.99. The number of hydrogen-bond acceptors (Lipinski definition) is 2. The fourth-order valence-corrected chi connectivity index (χ4v) is 1.74. The summed E-state index contributed by atoms with van der Waals surface area (Å²) in [7, 11) is 0. The van der Waals surface area contributed by atoms with E-state index in [-0.39, 0.29) is 5.69 Å². The zero-order valence-electron chi connectivity index (χ0n) is 8.68. The largest absolute Gasteiger partial charge is 0.397 e. The van der Waals surface area contributed by atoms with Gasteiger partial charge in [0.05, 0.1) is 17.1 Å². The van der Waals surface area contributed by atoms with Crippen LogP contribution in [0.3, 0.4) is 0 Å². The first kappa shape index (κ1) is 11.9. The van der Waals surface area contributed by atoms with Crippen molar-refractivity contribution in [2.24, 2.45) is 0 Å². The Hall–Kier alpha value is -1.62. The van der Waals surface area contributed by atoms with Crippen LogP contribution in [0.2, 0.25) is 0 Å². The van der Waals surface area contributed by atoms with Crippen molar-refractivity contribution in [3.05, 3.63) is 52.5 Å². The van der Waals surface area contributed by atoms with E-state index in [2.05, 4.69) is 21.2 Å². The molecular weight excluding hydrogens is 290 g/mol. The summed E-state index contributed by atoms with van der Waals surface area (Å²) in [6.07, 6.45) is 0. The lowest BCUT2D eigenvalue weighted by atomic mass is 10.2. The number of nitrogens with one attached hydrogen (secondary N) is 1. The molecule has 2 aromatic rings. The Morgan fingerprint density at radius 2 is 1.82 bits per heavy atom. The topological polar surface area (TPSA) is 38.0 Å². The molecule has 0 fully saturated rings. The molecule has 0 saturated heterocycles. The Bertz CT molecular complexity index is 558. The molecule has 0 amide bonds. The van der Waals surface area contributed by atoms with Gasteiger partial charge in [-0.3, -0.25) is 0 Å². The van der Waals surface area contributed by atoms with Crippen molar-refractivity contribution in [2.45, 2.75) is 0 Å². The lowest BCUT2D eigenvalue weighted by Gasteiger charge is -2.10. The van der Waals surface area contributed by atoms with Crippen molar-refractivity contribution in [3.63, 3.8) is 0 Å². The van der Waals surface area contributed by atoms with Crippen molar-refractivity contribution in [2.75, 3.05) is 11.1 Å². The fraction of sp³-hybridized carbons (Fsp3) is 0. The fourth-order valence-electron chi connectivity index (χ4n) is 1.38. The first-order valence-electron chi connectivity index (χ1n) is 4.84. The molecule has 0 aliphatic carbocycles. The van der Waals surface area contributed by atoms with E-state index >= 15 is 0 Å².